The molecule has 12 heavy (non-hydrogen) atoms. The normalized spacial score (nSPS) is 9.17. The van der Waals surface area contributed by atoms with Crippen molar-refractivity contribution >= 4 is 17.3 Å². The zero-order valence-corrected chi connectivity index (χ0v) is 7.02. The highest BCUT2D eigenvalue weighted by Crippen LogP contribution is 2.31. The Kier molecular flexibility index (Phi) is 2.51. The third-order valence-corrected chi connectivity index (χ3v) is 1.64. The van der Waals surface area contributed by atoms with E-state index >= 15 is 0 Å². The van der Waals surface area contributed by atoms with Crippen LogP contribution in [0.5, 0.6) is 5.75 Å². The van der Waals surface area contributed by atoms with Crippen LogP contribution in [0.25, 0.3) is 4.85 Å². The maximum absolute atomic E-state index is 12.9. The van der Waals surface area contributed by atoms with Gasteiger partial charge in [-0.2, -0.15) is 0 Å². The molecular formula is C8H5ClFNO. The smallest absolute Gasteiger partial charge is 0.208 e. The van der Waals surface area contributed by atoms with Crippen LogP contribution in [0, 0.1) is 12.4 Å². The predicted molar refractivity (Wildman–Crippen MR) is 44.2 cm³/mol. The molecule has 0 aliphatic carbocycles. The molecule has 0 atom stereocenters. The van der Waals surface area contributed by atoms with E-state index in [9.17, 15) is 4.39 Å². The minimum Gasteiger partial charge on any atom is -0.494 e. The molecule has 0 aliphatic heterocycles. The number of hydrogen-bond acceptors (Lipinski definition) is 1. The second-order valence-electron chi connectivity index (χ2n) is 2.05. The Labute approximate surface area is 74.3 Å². The van der Waals surface area contributed by atoms with Crippen LogP contribution in [-0.4, -0.2) is 7.11 Å². The van der Waals surface area contributed by atoms with Gasteiger partial charge >= 0.3 is 0 Å². The third kappa shape index (κ3) is 1.49. The zero-order chi connectivity index (χ0) is 9.14. The first-order valence-corrected chi connectivity index (χ1v) is 3.47. The molecule has 62 valence electrons. The standard InChI is InChI=1S/C8H5ClFNO/c1-11-7-4-6(10)8(12-2)3-5(7)9/h3-4H,2H3. The second-order valence-corrected chi connectivity index (χ2v) is 2.46. The Morgan fingerprint density at radius 3 is 2.75 bits per heavy atom. The highest BCUT2D eigenvalue weighted by molar-refractivity contribution is 6.33. The Bertz CT molecular complexity index is 345. The Morgan fingerprint density at radius 2 is 2.25 bits per heavy atom. The molecule has 0 spiro atoms. The number of rotatable bonds is 1. The molecule has 0 heterocycles. The molecule has 0 amide bonds. The van der Waals surface area contributed by atoms with Crippen molar-refractivity contribution in [2.24, 2.45) is 0 Å². The van der Waals surface area contributed by atoms with E-state index in [1.54, 1.807) is 0 Å². The lowest BCUT2D eigenvalue weighted by Gasteiger charge is -2.02. The van der Waals surface area contributed by atoms with E-state index in [0.717, 1.165) is 6.07 Å². The molecule has 0 saturated heterocycles. The van der Waals surface area contributed by atoms with Gasteiger partial charge < -0.3 is 4.74 Å². The van der Waals surface area contributed by atoms with Crippen LogP contribution >= 0.6 is 11.6 Å². The monoisotopic (exact) mass is 185 g/mol. The molecule has 1 aromatic rings. The van der Waals surface area contributed by atoms with Crippen LogP contribution < -0.4 is 4.74 Å². The van der Waals surface area contributed by atoms with Gasteiger partial charge in [0.15, 0.2) is 11.6 Å². The van der Waals surface area contributed by atoms with Gasteiger partial charge in [-0.25, -0.2) is 9.24 Å². The van der Waals surface area contributed by atoms with E-state index in [0.29, 0.717) is 0 Å². The fraction of sp³-hybridized carbons (Fsp3) is 0.125. The molecule has 0 unspecified atom stereocenters. The third-order valence-electron chi connectivity index (χ3n) is 1.34. The van der Waals surface area contributed by atoms with Crippen LogP contribution in [0.15, 0.2) is 12.1 Å². The summed E-state index contributed by atoms with van der Waals surface area (Å²) in [4.78, 5) is 3.03. The Morgan fingerprint density at radius 1 is 1.58 bits per heavy atom. The lowest BCUT2D eigenvalue weighted by molar-refractivity contribution is 0.387. The quantitative estimate of drug-likeness (QED) is 0.614. The summed E-state index contributed by atoms with van der Waals surface area (Å²) in [5, 5.41) is 0.197. The van der Waals surface area contributed by atoms with Crippen LogP contribution in [0.2, 0.25) is 5.02 Å². The number of nitrogens with zero attached hydrogens (tertiary/aromatic N) is 1. The second kappa shape index (κ2) is 3.42. The summed E-state index contributed by atoms with van der Waals surface area (Å²) in [6, 6.07) is 2.33. The van der Waals surface area contributed by atoms with Crippen molar-refractivity contribution in [2.45, 2.75) is 0 Å². The lowest BCUT2D eigenvalue weighted by atomic mass is 10.3. The first-order valence-electron chi connectivity index (χ1n) is 3.09. The summed E-state index contributed by atoms with van der Waals surface area (Å²) in [6.07, 6.45) is 0. The minimum absolute atomic E-state index is 0.0485. The molecule has 0 fully saturated rings. The van der Waals surface area contributed by atoms with Crippen LogP contribution in [0.4, 0.5) is 10.1 Å². The Balaban J connectivity index is 3.28. The van der Waals surface area contributed by atoms with Crippen molar-refractivity contribution in [1.82, 2.24) is 0 Å². The van der Waals surface area contributed by atoms with E-state index in [1.807, 2.05) is 0 Å². The van der Waals surface area contributed by atoms with Gasteiger partial charge in [-0.05, 0) is 12.1 Å². The van der Waals surface area contributed by atoms with E-state index in [2.05, 4.69) is 9.58 Å². The van der Waals surface area contributed by atoms with Gasteiger partial charge in [-0.15, -0.1) is 0 Å². The maximum atomic E-state index is 12.9. The maximum Gasteiger partial charge on any atom is 0.208 e. The van der Waals surface area contributed by atoms with Gasteiger partial charge in [0, 0.05) is 0 Å². The summed E-state index contributed by atoms with van der Waals surface area (Å²) in [7, 11) is 1.34. The van der Waals surface area contributed by atoms with Crippen molar-refractivity contribution in [3.63, 3.8) is 0 Å². The van der Waals surface area contributed by atoms with Gasteiger partial charge in [-0.3, -0.25) is 0 Å². The summed E-state index contributed by atoms with van der Waals surface area (Å²) >= 11 is 5.62. The number of methoxy groups -OCH3 is 1. The molecule has 0 aliphatic rings. The van der Waals surface area contributed by atoms with Gasteiger partial charge in [0.1, 0.15) is 0 Å². The lowest BCUT2D eigenvalue weighted by Crippen LogP contribution is -1.86. The summed E-state index contributed by atoms with van der Waals surface area (Å²) in [6.45, 7) is 6.64. The summed E-state index contributed by atoms with van der Waals surface area (Å²) in [5.74, 6) is -0.528. The van der Waals surface area contributed by atoms with Crippen molar-refractivity contribution in [2.75, 3.05) is 7.11 Å². The first-order chi connectivity index (χ1) is 5.69. The largest absolute Gasteiger partial charge is 0.494 e. The van der Waals surface area contributed by atoms with Crippen LogP contribution in [0.1, 0.15) is 0 Å². The number of ether oxygens (including phenoxy) is 1. The fourth-order valence-electron chi connectivity index (χ4n) is 0.760. The van der Waals surface area contributed by atoms with E-state index in [-0.39, 0.29) is 16.5 Å². The average molecular weight is 186 g/mol. The molecular weight excluding hydrogens is 181 g/mol. The van der Waals surface area contributed by atoms with Crippen LogP contribution in [0.3, 0.4) is 0 Å². The average Bonchev–Trinajstić information content (AvgIpc) is 2.08. The van der Waals surface area contributed by atoms with Crippen LogP contribution in [-0.2, 0) is 0 Å². The summed E-state index contributed by atoms with van der Waals surface area (Å²) in [5.41, 5.74) is 0.0926. The molecule has 0 saturated carbocycles. The van der Waals surface area contributed by atoms with Gasteiger partial charge in [0.25, 0.3) is 0 Å². The zero-order valence-electron chi connectivity index (χ0n) is 6.27. The molecule has 1 aromatic carbocycles. The number of benzene rings is 1. The predicted octanol–water partition coefficient (Wildman–Crippen LogP) is 3.04. The molecule has 0 N–H and O–H groups in total. The molecule has 0 radical (unpaired) electrons. The molecule has 1 rings (SSSR count). The first kappa shape index (κ1) is 8.82. The minimum atomic E-state index is -0.576. The number of halogens is 2. The van der Waals surface area contributed by atoms with Crippen molar-refractivity contribution in [1.29, 1.82) is 0 Å². The highest BCUT2D eigenvalue weighted by Gasteiger charge is 2.07. The van der Waals surface area contributed by atoms with Crippen molar-refractivity contribution in [3.8, 4) is 5.75 Å². The SMILES string of the molecule is [C-]#[N+]c1cc(F)c(OC)cc1Cl. The van der Waals surface area contributed by atoms with E-state index in [4.69, 9.17) is 18.2 Å². The van der Waals surface area contributed by atoms with Crippen molar-refractivity contribution < 1.29 is 9.13 Å². The Hall–Kier alpha value is -1.27. The summed E-state index contributed by atoms with van der Waals surface area (Å²) < 4.78 is 17.6. The molecule has 0 aromatic heterocycles. The fourth-order valence-corrected chi connectivity index (χ4v) is 0.956. The van der Waals surface area contributed by atoms with Gasteiger partial charge in [-0.1, -0.05) is 11.6 Å². The molecule has 2 nitrogen and oxygen atoms in total. The van der Waals surface area contributed by atoms with E-state index in [1.165, 1.54) is 13.2 Å². The highest BCUT2D eigenvalue weighted by atomic mass is 35.5. The van der Waals surface area contributed by atoms with Gasteiger partial charge in [0.2, 0.25) is 5.69 Å². The van der Waals surface area contributed by atoms with Gasteiger partial charge in [0.05, 0.1) is 18.7 Å². The molecule has 0 bridgehead atoms. The molecule has 4 heteroatoms. The number of hydrogen-bond donors (Lipinski definition) is 0. The van der Waals surface area contributed by atoms with E-state index < -0.39 is 5.82 Å². The topological polar surface area (TPSA) is 13.6 Å². The van der Waals surface area contributed by atoms with Crippen molar-refractivity contribution in [3.05, 3.63) is 34.4 Å².